The van der Waals surface area contributed by atoms with Crippen LogP contribution in [0.3, 0.4) is 0 Å². The molecule has 0 aromatic heterocycles. The Morgan fingerprint density at radius 3 is 2.46 bits per heavy atom. The molecule has 2 amide bonds. The number of hydrogen-bond acceptors (Lipinski definition) is 3. The zero-order valence-electron chi connectivity index (χ0n) is 14.7. The molecule has 5 heteroatoms. The lowest BCUT2D eigenvalue weighted by Crippen LogP contribution is -2.43. The fraction of sp³-hybridized carbons (Fsp3) is 0.579. The Morgan fingerprint density at radius 1 is 1.21 bits per heavy atom. The minimum Gasteiger partial charge on any atom is -0.497 e. The fourth-order valence-electron chi connectivity index (χ4n) is 2.95. The van der Waals surface area contributed by atoms with Gasteiger partial charge in [-0.15, -0.1) is 0 Å². The van der Waals surface area contributed by atoms with E-state index in [1.54, 1.807) is 7.11 Å². The second-order valence-electron chi connectivity index (χ2n) is 6.32. The molecule has 24 heavy (non-hydrogen) atoms. The molecule has 1 N–H and O–H groups in total. The third-order valence-corrected chi connectivity index (χ3v) is 4.56. The summed E-state index contributed by atoms with van der Waals surface area (Å²) in [6.07, 6.45) is 4.01. The summed E-state index contributed by atoms with van der Waals surface area (Å²) in [5.41, 5.74) is 0.986. The average Bonchev–Trinajstić information content (AvgIpc) is 2.62. The number of benzene rings is 1. The Morgan fingerprint density at radius 2 is 1.88 bits per heavy atom. The van der Waals surface area contributed by atoms with Crippen molar-refractivity contribution in [1.29, 1.82) is 0 Å². The summed E-state index contributed by atoms with van der Waals surface area (Å²) in [5, 5.41) is 2.99. The summed E-state index contributed by atoms with van der Waals surface area (Å²) < 4.78 is 5.13. The second-order valence-corrected chi connectivity index (χ2v) is 6.32. The summed E-state index contributed by atoms with van der Waals surface area (Å²) in [4.78, 5) is 26.4. The fourth-order valence-corrected chi connectivity index (χ4v) is 2.95. The number of rotatable bonds is 7. The Balaban J connectivity index is 1.76. The van der Waals surface area contributed by atoms with E-state index >= 15 is 0 Å². The Labute approximate surface area is 144 Å². The van der Waals surface area contributed by atoms with Crippen LogP contribution in [-0.2, 0) is 16.0 Å². The van der Waals surface area contributed by atoms with Crippen LogP contribution in [0, 0.1) is 5.92 Å². The third-order valence-electron chi connectivity index (χ3n) is 4.56. The van der Waals surface area contributed by atoms with E-state index < -0.39 is 0 Å². The van der Waals surface area contributed by atoms with Crippen LogP contribution >= 0.6 is 0 Å². The monoisotopic (exact) mass is 332 g/mol. The summed E-state index contributed by atoms with van der Waals surface area (Å²) in [5.74, 6) is 1.11. The highest BCUT2D eigenvalue weighted by Gasteiger charge is 2.26. The third kappa shape index (κ3) is 5.25. The first kappa shape index (κ1) is 18.3. The van der Waals surface area contributed by atoms with Gasteiger partial charge in [0.05, 0.1) is 13.5 Å². The first-order valence-corrected chi connectivity index (χ1v) is 8.82. The Kier molecular flexibility index (Phi) is 7.09. The smallest absolute Gasteiger partial charge is 0.226 e. The number of hydrogen-bond donors (Lipinski definition) is 1. The van der Waals surface area contributed by atoms with E-state index in [9.17, 15) is 9.59 Å². The van der Waals surface area contributed by atoms with Gasteiger partial charge >= 0.3 is 0 Å². The molecule has 5 nitrogen and oxygen atoms in total. The standard InChI is InChI=1S/C19H28N2O3/c1-3-4-11-20-19(23)16-9-12-21(13-10-16)18(22)14-15-5-7-17(24-2)8-6-15/h5-8,16H,3-4,9-14H2,1-2H3,(H,20,23). The van der Waals surface area contributed by atoms with E-state index in [2.05, 4.69) is 12.2 Å². The van der Waals surface area contributed by atoms with Crippen LogP contribution in [-0.4, -0.2) is 43.5 Å². The molecule has 0 aliphatic carbocycles. The van der Waals surface area contributed by atoms with Crippen LogP contribution in [0.15, 0.2) is 24.3 Å². The predicted octanol–water partition coefficient (Wildman–Crippen LogP) is 2.39. The van der Waals surface area contributed by atoms with Crippen molar-refractivity contribution in [3.63, 3.8) is 0 Å². The zero-order valence-corrected chi connectivity index (χ0v) is 14.7. The topological polar surface area (TPSA) is 58.6 Å². The lowest BCUT2D eigenvalue weighted by atomic mass is 9.95. The molecule has 0 atom stereocenters. The van der Waals surface area contributed by atoms with Gasteiger partial charge in [-0.3, -0.25) is 9.59 Å². The number of unbranched alkanes of at least 4 members (excludes halogenated alkanes) is 1. The number of ether oxygens (including phenoxy) is 1. The maximum Gasteiger partial charge on any atom is 0.226 e. The lowest BCUT2D eigenvalue weighted by Gasteiger charge is -2.31. The molecule has 2 rings (SSSR count). The molecule has 1 fully saturated rings. The van der Waals surface area contributed by atoms with Gasteiger partial charge in [-0.25, -0.2) is 0 Å². The molecule has 0 unspecified atom stereocenters. The molecule has 0 spiro atoms. The van der Waals surface area contributed by atoms with Gasteiger partial charge in [0.1, 0.15) is 5.75 Å². The highest BCUT2D eigenvalue weighted by Crippen LogP contribution is 2.19. The molecule has 1 aromatic carbocycles. The number of nitrogens with zero attached hydrogens (tertiary/aromatic N) is 1. The van der Waals surface area contributed by atoms with E-state index in [-0.39, 0.29) is 17.7 Å². The van der Waals surface area contributed by atoms with Crippen molar-refractivity contribution in [3.05, 3.63) is 29.8 Å². The van der Waals surface area contributed by atoms with E-state index in [4.69, 9.17) is 4.74 Å². The van der Waals surface area contributed by atoms with E-state index in [1.807, 2.05) is 29.2 Å². The van der Waals surface area contributed by atoms with Gasteiger partial charge in [0.25, 0.3) is 0 Å². The molecule has 1 aromatic rings. The van der Waals surface area contributed by atoms with Crippen molar-refractivity contribution < 1.29 is 14.3 Å². The Hall–Kier alpha value is -2.04. The van der Waals surface area contributed by atoms with E-state index in [0.29, 0.717) is 19.5 Å². The van der Waals surface area contributed by atoms with Crippen molar-refractivity contribution in [2.75, 3.05) is 26.7 Å². The van der Waals surface area contributed by atoms with Crippen molar-refractivity contribution in [2.24, 2.45) is 5.92 Å². The van der Waals surface area contributed by atoms with Crippen molar-refractivity contribution in [1.82, 2.24) is 10.2 Å². The van der Waals surface area contributed by atoms with Crippen LogP contribution in [0.4, 0.5) is 0 Å². The molecule has 0 radical (unpaired) electrons. The van der Waals surface area contributed by atoms with Crippen LogP contribution < -0.4 is 10.1 Å². The quantitative estimate of drug-likeness (QED) is 0.780. The lowest BCUT2D eigenvalue weighted by molar-refractivity contribution is -0.135. The number of likely N-dealkylation sites (tertiary alicyclic amines) is 1. The number of carbonyl (C=O) groups is 2. The van der Waals surface area contributed by atoms with Gasteiger partial charge in [0.15, 0.2) is 0 Å². The minimum absolute atomic E-state index is 0.0480. The molecular formula is C19H28N2O3. The van der Waals surface area contributed by atoms with E-state index in [0.717, 1.165) is 43.5 Å². The first-order chi connectivity index (χ1) is 11.6. The number of nitrogens with one attached hydrogen (secondary N) is 1. The average molecular weight is 332 g/mol. The number of carbonyl (C=O) groups excluding carboxylic acids is 2. The molecule has 1 heterocycles. The van der Waals surface area contributed by atoms with Crippen LogP contribution in [0.5, 0.6) is 5.75 Å². The first-order valence-electron chi connectivity index (χ1n) is 8.82. The highest BCUT2D eigenvalue weighted by atomic mass is 16.5. The zero-order chi connectivity index (χ0) is 17.4. The maximum absolute atomic E-state index is 12.4. The summed E-state index contributed by atoms with van der Waals surface area (Å²) in [6, 6.07) is 7.58. The van der Waals surface area contributed by atoms with Crippen molar-refractivity contribution >= 4 is 11.8 Å². The highest BCUT2D eigenvalue weighted by molar-refractivity contribution is 5.81. The molecule has 1 saturated heterocycles. The summed E-state index contributed by atoms with van der Waals surface area (Å²) in [7, 11) is 1.63. The van der Waals surface area contributed by atoms with Gasteiger partial charge in [0.2, 0.25) is 11.8 Å². The molecule has 0 bridgehead atoms. The summed E-state index contributed by atoms with van der Waals surface area (Å²) >= 11 is 0. The molecule has 132 valence electrons. The number of piperidine rings is 1. The van der Waals surface area contributed by atoms with Gasteiger partial charge in [0, 0.05) is 25.6 Å². The molecule has 0 saturated carbocycles. The maximum atomic E-state index is 12.4. The largest absolute Gasteiger partial charge is 0.497 e. The van der Waals surface area contributed by atoms with Crippen LogP contribution in [0.1, 0.15) is 38.2 Å². The van der Waals surface area contributed by atoms with Crippen LogP contribution in [0.2, 0.25) is 0 Å². The normalized spacial score (nSPS) is 15.2. The second kappa shape index (κ2) is 9.30. The van der Waals surface area contributed by atoms with Gasteiger partial charge in [-0.1, -0.05) is 25.5 Å². The predicted molar refractivity (Wildman–Crippen MR) is 93.9 cm³/mol. The van der Waals surface area contributed by atoms with Gasteiger partial charge in [-0.05, 0) is 37.0 Å². The number of amides is 2. The number of methoxy groups -OCH3 is 1. The van der Waals surface area contributed by atoms with Gasteiger partial charge in [-0.2, -0.15) is 0 Å². The molecule has 1 aliphatic heterocycles. The van der Waals surface area contributed by atoms with Gasteiger partial charge < -0.3 is 15.0 Å². The van der Waals surface area contributed by atoms with Crippen LogP contribution in [0.25, 0.3) is 0 Å². The van der Waals surface area contributed by atoms with E-state index in [1.165, 1.54) is 0 Å². The Bertz CT molecular complexity index is 534. The molecular weight excluding hydrogens is 304 g/mol. The molecule has 1 aliphatic rings. The summed E-state index contributed by atoms with van der Waals surface area (Å²) in [6.45, 7) is 4.20. The van der Waals surface area contributed by atoms with Crippen molar-refractivity contribution in [2.45, 2.75) is 39.0 Å². The SMILES string of the molecule is CCCCNC(=O)C1CCN(C(=O)Cc2ccc(OC)cc2)CC1. The van der Waals surface area contributed by atoms with Crippen molar-refractivity contribution in [3.8, 4) is 5.75 Å². The minimum atomic E-state index is 0.0480.